The Morgan fingerprint density at radius 2 is 2.04 bits per heavy atom. The van der Waals surface area contributed by atoms with Crippen LogP contribution in [-0.4, -0.2) is 23.5 Å². The number of hydrogen-bond donors (Lipinski definition) is 0. The number of likely N-dealkylation sites (tertiary alicyclic amines) is 1. The molecule has 1 saturated heterocycles. The average molecular weight is 353 g/mol. The summed E-state index contributed by atoms with van der Waals surface area (Å²) >= 11 is 6.47. The van der Waals surface area contributed by atoms with Crippen molar-refractivity contribution in [2.24, 2.45) is 0 Å². The van der Waals surface area contributed by atoms with Crippen LogP contribution in [0.15, 0.2) is 54.6 Å². The number of benzene rings is 2. The molecule has 3 aromatic rings. The van der Waals surface area contributed by atoms with Crippen LogP contribution in [0.4, 0.5) is 0 Å². The maximum Gasteiger partial charge on any atom is 0.134 e. The van der Waals surface area contributed by atoms with Gasteiger partial charge < -0.3 is 4.74 Å². The number of para-hydroxylation sites is 1. The molecule has 0 aliphatic carbocycles. The molecule has 1 atom stereocenters. The van der Waals surface area contributed by atoms with Gasteiger partial charge in [0.15, 0.2) is 0 Å². The van der Waals surface area contributed by atoms with E-state index in [1.165, 1.54) is 12.0 Å². The lowest BCUT2D eigenvalue weighted by atomic mass is 10.0. The van der Waals surface area contributed by atoms with Gasteiger partial charge in [0.2, 0.25) is 0 Å². The van der Waals surface area contributed by atoms with Crippen molar-refractivity contribution in [3.05, 3.63) is 70.9 Å². The third kappa shape index (κ3) is 3.35. The van der Waals surface area contributed by atoms with E-state index in [1.54, 1.807) is 7.11 Å². The van der Waals surface area contributed by atoms with Gasteiger partial charge in [-0.3, -0.25) is 4.90 Å². The van der Waals surface area contributed by atoms with Crippen molar-refractivity contribution in [3.8, 4) is 5.75 Å². The van der Waals surface area contributed by atoms with Crippen molar-refractivity contribution >= 4 is 22.5 Å². The molecule has 128 valence electrons. The van der Waals surface area contributed by atoms with Crippen LogP contribution in [0.5, 0.6) is 5.75 Å². The second-order valence-electron chi connectivity index (χ2n) is 6.54. The van der Waals surface area contributed by atoms with E-state index in [9.17, 15) is 0 Å². The second kappa shape index (κ2) is 7.03. The molecule has 1 aromatic heterocycles. The molecule has 0 saturated carbocycles. The summed E-state index contributed by atoms with van der Waals surface area (Å²) in [4.78, 5) is 7.05. The first-order valence-corrected chi connectivity index (χ1v) is 9.04. The maximum absolute atomic E-state index is 6.47. The Balaban J connectivity index is 1.62. The summed E-state index contributed by atoms with van der Waals surface area (Å²) in [5.41, 5.74) is 3.35. The average Bonchev–Trinajstić information content (AvgIpc) is 3.10. The highest BCUT2D eigenvalue weighted by Gasteiger charge is 2.27. The van der Waals surface area contributed by atoms with Crippen LogP contribution in [0, 0.1) is 0 Å². The van der Waals surface area contributed by atoms with E-state index in [0.717, 1.165) is 41.7 Å². The van der Waals surface area contributed by atoms with E-state index in [0.29, 0.717) is 11.2 Å². The molecule has 0 N–H and O–H groups in total. The largest absolute Gasteiger partial charge is 0.497 e. The molecule has 1 aliphatic heterocycles. The molecule has 4 heteroatoms. The SMILES string of the molecule is COc1cccc(C2CCCN2Cc2cc3ccccc3nc2Cl)c1. The minimum Gasteiger partial charge on any atom is -0.497 e. The zero-order valence-corrected chi connectivity index (χ0v) is 15.0. The summed E-state index contributed by atoms with van der Waals surface area (Å²) in [5, 5.41) is 1.74. The minimum atomic E-state index is 0.401. The molecule has 2 heterocycles. The Kier molecular flexibility index (Phi) is 4.60. The third-order valence-electron chi connectivity index (χ3n) is 4.97. The lowest BCUT2D eigenvalue weighted by molar-refractivity contribution is 0.248. The zero-order chi connectivity index (χ0) is 17.2. The molecular formula is C21H21ClN2O. The Bertz CT molecular complexity index is 896. The molecule has 1 unspecified atom stereocenters. The highest BCUT2D eigenvalue weighted by Crippen LogP contribution is 2.35. The van der Waals surface area contributed by atoms with Crippen molar-refractivity contribution in [1.29, 1.82) is 0 Å². The zero-order valence-electron chi connectivity index (χ0n) is 14.3. The number of methoxy groups -OCH3 is 1. The molecule has 1 aliphatic rings. The maximum atomic E-state index is 6.47. The number of nitrogens with zero attached hydrogens (tertiary/aromatic N) is 2. The Morgan fingerprint density at radius 3 is 2.92 bits per heavy atom. The van der Waals surface area contributed by atoms with Gasteiger partial charge in [-0.25, -0.2) is 4.98 Å². The van der Waals surface area contributed by atoms with E-state index < -0.39 is 0 Å². The molecule has 0 amide bonds. The summed E-state index contributed by atoms with van der Waals surface area (Å²) < 4.78 is 5.39. The van der Waals surface area contributed by atoms with Crippen LogP contribution < -0.4 is 4.74 Å². The van der Waals surface area contributed by atoms with E-state index in [2.05, 4.69) is 40.2 Å². The van der Waals surface area contributed by atoms with E-state index in [-0.39, 0.29) is 0 Å². The van der Waals surface area contributed by atoms with Gasteiger partial charge in [0.25, 0.3) is 0 Å². The molecule has 25 heavy (non-hydrogen) atoms. The van der Waals surface area contributed by atoms with Crippen LogP contribution in [0.25, 0.3) is 10.9 Å². The lowest BCUT2D eigenvalue weighted by Crippen LogP contribution is -2.23. The van der Waals surface area contributed by atoms with Crippen LogP contribution in [-0.2, 0) is 6.54 Å². The number of pyridine rings is 1. The van der Waals surface area contributed by atoms with E-state index in [4.69, 9.17) is 16.3 Å². The molecule has 0 spiro atoms. The van der Waals surface area contributed by atoms with Crippen LogP contribution in [0.2, 0.25) is 5.15 Å². The van der Waals surface area contributed by atoms with Crippen molar-refractivity contribution in [2.75, 3.05) is 13.7 Å². The first-order chi connectivity index (χ1) is 12.2. The molecule has 2 aromatic carbocycles. The van der Waals surface area contributed by atoms with Gasteiger partial charge in [-0.15, -0.1) is 0 Å². The summed E-state index contributed by atoms with van der Waals surface area (Å²) in [6.45, 7) is 1.89. The molecule has 0 bridgehead atoms. The van der Waals surface area contributed by atoms with Crippen molar-refractivity contribution in [1.82, 2.24) is 9.88 Å². The number of aromatic nitrogens is 1. The van der Waals surface area contributed by atoms with Gasteiger partial charge in [0.05, 0.1) is 12.6 Å². The van der Waals surface area contributed by atoms with Crippen molar-refractivity contribution in [2.45, 2.75) is 25.4 Å². The van der Waals surface area contributed by atoms with Crippen LogP contribution in [0.3, 0.4) is 0 Å². The highest BCUT2D eigenvalue weighted by atomic mass is 35.5. The van der Waals surface area contributed by atoms with Crippen LogP contribution in [0.1, 0.15) is 30.0 Å². The summed E-state index contributed by atoms with van der Waals surface area (Å²) in [7, 11) is 1.71. The standard InChI is InChI=1S/C21H21ClN2O/c1-25-18-8-4-7-16(13-18)20-10-5-11-24(20)14-17-12-15-6-2-3-9-19(15)23-21(17)22/h2-4,6-9,12-13,20H,5,10-11,14H2,1H3. The van der Waals surface area contributed by atoms with Gasteiger partial charge in [-0.2, -0.15) is 0 Å². The van der Waals surface area contributed by atoms with Gasteiger partial charge in [0, 0.05) is 23.5 Å². The molecular weight excluding hydrogens is 332 g/mol. The first kappa shape index (κ1) is 16.4. The van der Waals surface area contributed by atoms with Gasteiger partial charge in [-0.05, 0) is 49.2 Å². The summed E-state index contributed by atoms with van der Waals surface area (Å²) in [6.07, 6.45) is 2.35. The lowest BCUT2D eigenvalue weighted by Gasteiger charge is -2.25. The fourth-order valence-corrected chi connectivity index (χ4v) is 3.91. The first-order valence-electron chi connectivity index (χ1n) is 8.67. The topological polar surface area (TPSA) is 25.4 Å². The quantitative estimate of drug-likeness (QED) is 0.601. The number of ether oxygens (including phenoxy) is 1. The minimum absolute atomic E-state index is 0.401. The third-order valence-corrected chi connectivity index (χ3v) is 5.29. The van der Waals surface area contributed by atoms with E-state index >= 15 is 0 Å². The van der Waals surface area contributed by atoms with E-state index in [1.807, 2.05) is 24.3 Å². The van der Waals surface area contributed by atoms with Gasteiger partial charge in [0.1, 0.15) is 10.9 Å². The summed E-state index contributed by atoms with van der Waals surface area (Å²) in [5.74, 6) is 0.912. The van der Waals surface area contributed by atoms with Crippen molar-refractivity contribution in [3.63, 3.8) is 0 Å². The fourth-order valence-electron chi connectivity index (χ4n) is 3.71. The number of halogens is 1. The van der Waals surface area contributed by atoms with Gasteiger partial charge in [-0.1, -0.05) is 41.9 Å². The van der Waals surface area contributed by atoms with Crippen LogP contribution >= 0.6 is 11.6 Å². The smallest absolute Gasteiger partial charge is 0.134 e. The van der Waals surface area contributed by atoms with Crippen molar-refractivity contribution < 1.29 is 4.74 Å². The Morgan fingerprint density at radius 1 is 1.16 bits per heavy atom. The Labute approximate surface area is 153 Å². The Hall–Kier alpha value is -2.10. The molecule has 1 fully saturated rings. The normalized spacial score (nSPS) is 17.9. The fraction of sp³-hybridized carbons (Fsp3) is 0.286. The molecule has 0 radical (unpaired) electrons. The highest BCUT2D eigenvalue weighted by molar-refractivity contribution is 6.30. The molecule has 3 nitrogen and oxygen atoms in total. The number of hydrogen-bond acceptors (Lipinski definition) is 3. The predicted molar refractivity (Wildman–Crippen MR) is 102 cm³/mol. The monoisotopic (exact) mass is 352 g/mol. The van der Waals surface area contributed by atoms with Gasteiger partial charge >= 0.3 is 0 Å². The second-order valence-corrected chi connectivity index (χ2v) is 6.89. The number of fused-ring (bicyclic) bond motifs is 1. The number of rotatable bonds is 4. The predicted octanol–water partition coefficient (Wildman–Crippen LogP) is 5.23. The summed E-state index contributed by atoms with van der Waals surface area (Å²) in [6, 6.07) is 19.1. The molecule has 4 rings (SSSR count).